The quantitative estimate of drug-likeness (QED) is 0.682. The normalized spacial score (nSPS) is 25.6. The van der Waals surface area contributed by atoms with Crippen LogP contribution in [-0.2, 0) is 14.5 Å². The zero-order valence-electron chi connectivity index (χ0n) is 18.6. The van der Waals surface area contributed by atoms with Gasteiger partial charge in [0.25, 0.3) is 5.91 Å². The van der Waals surface area contributed by atoms with Crippen LogP contribution in [0.3, 0.4) is 0 Å². The van der Waals surface area contributed by atoms with E-state index in [0.717, 1.165) is 48.6 Å². The number of nitrogens with zero attached hydrogens (tertiary/aromatic N) is 3. The number of hydrogen-bond acceptors (Lipinski definition) is 5. The molecule has 1 spiro atoms. The van der Waals surface area contributed by atoms with E-state index in [9.17, 15) is 9.59 Å². The molecule has 168 valence electrons. The van der Waals surface area contributed by atoms with Crippen molar-refractivity contribution >= 4 is 35.0 Å². The van der Waals surface area contributed by atoms with Crippen LogP contribution in [0.4, 0.5) is 11.4 Å². The van der Waals surface area contributed by atoms with E-state index in [1.54, 1.807) is 4.90 Å². The summed E-state index contributed by atoms with van der Waals surface area (Å²) in [4.78, 5) is 32.5. The van der Waals surface area contributed by atoms with Crippen molar-refractivity contribution in [2.45, 2.75) is 43.2 Å². The highest BCUT2D eigenvalue weighted by Crippen LogP contribution is 2.57. The molecule has 0 aliphatic carbocycles. The first-order valence-corrected chi connectivity index (χ1v) is 12.3. The maximum atomic E-state index is 14.2. The van der Waals surface area contributed by atoms with Crippen LogP contribution in [0, 0.1) is 0 Å². The van der Waals surface area contributed by atoms with Gasteiger partial charge in [0.1, 0.15) is 5.75 Å². The van der Waals surface area contributed by atoms with Crippen LogP contribution >= 0.6 is 11.8 Å². The van der Waals surface area contributed by atoms with E-state index >= 15 is 0 Å². The molecule has 2 aromatic carbocycles. The van der Waals surface area contributed by atoms with Crippen molar-refractivity contribution in [1.29, 1.82) is 0 Å². The molecule has 0 N–H and O–H groups in total. The van der Waals surface area contributed by atoms with Gasteiger partial charge in [0, 0.05) is 11.3 Å². The molecule has 0 unspecified atom stereocenters. The second-order valence-corrected chi connectivity index (χ2v) is 10.1. The minimum Gasteiger partial charge on any atom is -0.494 e. The third kappa shape index (κ3) is 3.30. The predicted molar refractivity (Wildman–Crippen MR) is 128 cm³/mol. The van der Waals surface area contributed by atoms with Crippen molar-refractivity contribution < 1.29 is 14.3 Å². The van der Waals surface area contributed by atoms with Crippen molar-refractivity contribution in [2.75, 3.05) is 36.2 Å². The molecule has 2 atom stereocenters. The molecule has 0 aromatic heterocycles. The fourth-order valence-corrected chi connectivity index (χ4v) is 6.57. The monoisotopic (exact) mass is 451 g/mol. The summed E-state index contributed by atoms with van der Waals surface area (Å²) in [7, 11) is 0. The third-order valence-electron chi connectivity index (χ3n) is 6.52. The number of amides is 2. The number of rotatable bonds is 5. The first-order chi connectivity index (χ1) is 15.6. The maximum absolute atomic E-state index is 14.2. The summed E-state index contributed by atoms with van der Waals surface area (Å²) < 4.78 is 5.58. The van der Waals surface area contributed by atoms with Crippen LogP contribution in [0.2, 0.25) is 0 Å². The van der Waals surface area contributed by atoms with E-state index < -0.39 is 4.87 Å². The summed E-state index contributed by atoms with van der Waals surface area (Å²) in [6.45, 7) is 6.99. The van der Waals surface area contributed by atoms with E-state index in [1.165, 1.54) is 18.2 Å². The molecule has 0 radical (unpaired) electrons. The minimum atomic E-state index is -1.07. The average Bonchev–Trinajstić information content (AvgIpc) is 3.21. The summed E-state index contributed by atoms with van der Waals surface area (Å²) in [6, 6.07) is 15.4. The molecule has 3 aliphatic heterocycles. The van der Waals surface area contributed by atoms with Crippen molar-refractivity contribution in [3.05, 3.63) is 54.1 Å². The van der Waals surface area contributed by atoms with Gasteiger partial charge >= 0.3 is 0 Å². The average molecular weight is 452 g/mol. The molecular formula is C25H29N3O3S. The third-order valence-corrected chi connectivity index (χ3v) is 7.99. The van der Waals surface area contributed by atoms with Gasteiger partial charge < -0.3 is 4.74 Å². The summed E-state index contributed by atoms with van der Waals surface area (Å²) >= 11 is 1.45. The molecular weight excluding hydrogens is 422 g/mol. The van der Waals surface area contributed by atoms with E-state index in [2.05, 4.69) is 4.90 Å². The van der Waals surface area contributed by atoms with Crippen LogP contribution in [0.15, 0.2) is 48.5 Å². The van der Waals surface area contributed by atoms with Gasteiger partial charge in [0.05, 0.1) is 24.2 Å². The van der Waals surface area contributed by atoms with Crippen LogP contribution in [0.5, 0.6) is 5.75 Å². The fraction of sp³-hybridized carbons (Fsp3) is 0.440. The Balaban J connectivity index is 1.57. The summed E-state index contributed by atoms with van der Waals surface area (Å²) in [6.07, 6.45) is 3.58. The molecule has 2 fully saturated rings. The minimum absolute atomic E-state index is 0.0270. The van der Waals surface area contributed by atoms with Crippen molar-refractivity contribution in [1.82, 2.24) is 4.90 Å². The Labute approximate surface area is 193 Å². The highest BCUT2D eigenvalue weighted by molar-refractivity contribution is 8.03. The van der Waals surface area contributed by atoms with Crippen LogP contribution in [0.25, 0.3) is 0 Å². The van der Waals surface area contributed by atoms with Gasteiger partial charge in [0.2, 0.25) is 10.8 Å². The Morgan fingerprint density at radius 3 is 2.47 bits per heavy atom. The van der Waals surface area contributed by atoms with Gasteiger partial charge in [-0.3, -0.25) is 24.3 Å². The van der Waals surface area contributed by atoms with Gasteiger partial charge in [-0.25, -0.2) is 0 Å². The van der Waals surface area contributed by atoms with Gasteiger partial charge in [0.15, 0.2) is 0 Å². The number of carbonyl (C=O) groups is 2. The SMILES string of the molecule is CCOc1ccc(N2C(=O)[C@H](C)S[C@]23C(=O)N(CN2CCCCC2)c2ccccc23)cc1. The lowest BCUT2D eigenvalue weighted by atomic mass is 10.0. The van der Waals surface area contributed by atoms with Gasteiger partial charge in [-0.15, -0.1) is 11.8 Å². The Bertz CT molecular complexity index is 1020. The lowest BCUT2D eigenvalue weighted by Crippen LogP contribution is -2.52. The smallest absolute Gasteiger partial charge is 0.269 e. The van der Waals surface area contributed by atoms with Crippen molar-refractivity contribution in [3.8, 4) is 5.75 Å². The molecule has 0 bridgehead atoms. The summed E-state index contributed by atoms with van der Waals surface area (Å²) in [5.41, 5.74) is 2.53. The molecule has 3 heterocycles. The number of likely N-dealkylation sites (tertiary alicyclic amines) is 1. The highest BCUT2D eigenvalue weighted by Gasteiger charge is 2.63. The number of benzene rings is 2. The van der Waals surface area contributed by atoms with E-state index in [-0.39, 0.29) is 17.1 Å². The number of carbonyl (C=O) groups excluding carboxylic acids is 2. The number of ether oxygens (including phenoxy) is 1. The lowest BCUT2D eigenvalue weighted by molar-refractivity contribution is -0.124. The Hall–Kier alpha value is -2.51. The van der Waals surface area contributed by atoms with Crippen molar-refractivity contribution in [2.24, 2.45) is 0 Å². The van der Waals surface area contributed by atoms with Gasteiger partial charge in [-0.1, -0.05) is 24.6 Å². The second kappa shape index (κ2) is 8.45. The van der Waals surface area contributed by atoms with E-state index in [1.807, 2.05) is 67.3 Å². The number of hydrogen-bond donors (Lipinski definition) is 0. The predicted octanol–water partition coefficient (Wildman–Crippen LogP) is 4.20. The Morgan fingerprint density at radius 2 is 1.75 bits per heavy atom. The highest BCUT2D eigenvalue weighted by atomic mass is 32.2. The van der Waals surface area contributed by atoms with Crippen LogP contribution < -0.4 is 14.5 Å². The number of para-hydroxylation sites is 1. The second-order valence-electron chi connectivity index (χ2n) is 8.58. The van der Waals surface area contributed by atoms with Crippen LogP contribution in [0.1, 0.15) is 38.7 Å². The number of fused-ring (bicyclic) bond motifs is 2. The molecule has 5 rings (SSSR count). The zero-order chi connectivity index (χ0) is 22.3. The van der Waals surface area contributed by atoms with Crippen LogP contribution in [-0.4, -0.2) is 48.3 Å². The molecule has 2 amide bonds. The number of thioether (sulfide) groups is 1. The molecule has 6 nitrogen and oxygen atoms in total. The molecule has 32 heavy (non-hydrogen) atoms. The molecule has 2 saturated heterocycles. The standard InChI is InChI=1S/C25H29N3O3S/c1-3-31-20-13-11-19(12-14-20)28-23(29)18(2)32-25(28)21-9-5-6-10-22(21)27(24(25)30)17-26-15-7-4-8-16-26/h5-6,9-14,18H,3-4,7-8,15-17H2,1-2H3/t18-,25+/m0/s1. The maximum Gasteiger partial charge on any atom is 0.269 e. The molecule has 2 aromatic rings. The largest absolute Gasteiger partial charge is 0.494 e. The molecule has 0 saturated carbocycles. The summed E-state index contributed by atoms with van der Waals surface area (Å²) in [5.74, 6) is 0.686. The van der Waals surface area contributed by atoms with E-state index in [0.29, 0.717) is 13.3 Å². The lowest BCUT2D eigenvalue weighted by Gasteiger charge is -2.35. The topological polar surface area (TPSA) is 53.1 Å². The summed E-state index contributed by atoms with van der Waals surface area (Å²) in [5, 5.41) is -0.312. The zero-order valence-corrected chi connectivity index (χ0v) is 19.4. The first kappa shape index (κ1) is 21.3. The Morgan fingerprint density at radius 1 is 1.03 bits per heavy atom. The van der Waals surface area contributed by atoms with Crippen molar-refractivity contribution in [3.63, 3.8) is 0 Å². The number of anilines is 2. The molecule has 7 heteroatoms. The molecule has 3 aliphatic rings. The van der Waals surface area contributed by atoms with Gasteiger partial charge in [-0.2, -0.15) is 0 Å². The fourth-order valence-electron chi connectivity index (χ4n) is 5.04. The van der Waals surface area contributed by atoms with Gasteiger partial charge in [-0.05, 0) is 70.1 Å². The Kier molecular flexibility index (Phi) is 5.63. The first-order valence-electron chi connectivity index (χ1n) is 11.4. The number of piperidine rings is 1. The van der Waals surface area contributed by atoms with E-state index in [4.69, 9.17) is 4.74 Å².